The maximum Gasteiger partial charge on any atom is 0.417 e. The number of carbonyl (C=O) groups is 1. The lowest BCUT2D eigenvalue weighted by molar-refractivity contribution is -0.137. The first kappa shape index (κ1) is 22.5. The molecule has 0 fully saturated rings. The number of nitrogens with two attached hydrogens (primary N) is 1. The number of ketones is 1. The molecule has 2 N–H and O–H groups in total. The number of benzene rings is 2. The molecule has 0 aliphatic carbocycles. The summed E-state index contributed by atoms with van der Waals surface area (Å²) in [6.45, 7) is 3.63. The fraction of sp³-hybridized carbons (Fsp3) is 0.200. The van der Waals surface area contributed by atoms with E-state index in [9.17, 15) is 18.0 Å². The first-order chi connectivity index (χ1) is 14.0. The van der Waals surface area contributed by atoms with Gasteiger partial charge in [0.05, 0.1) is 21.2 Å². The Hall–Kier alpha value is -2.16. The second kappa shape index (κ2) is 8.17. The zero-order chi connectivity index (χ0) is 22.4. The molecular weight excluding hydrogens is 458 g/mol. The molecule has 0 amide bonds. The molecule has 0 saturated heterocycles. The van der Waals surface area contributed by atoms with Crippen LogP contribution >= 0.6 is 35.0 Å². The Labute approximate surface area is 185 Å². The topological polar surface area (TPSA) is 60.9 Å². The van der Waals surface area contributed by atoms with Crippen molar-refractivity contribution in [3.05, 3.63) is 68.2 Å². The first-order valence-corrected chi connectivity index (χ1v) is 10.6. The maximum atomic E-state index is 13.3. The van der Waals surface area contributed by atoms with Gasteiger partial charge in [-0.25, -0.2) is 4.68 Å². The zero-order valence-electron chi connectivity index (χ0n) is 16.1. The fourth-order valence-electron chi connectivity index (χ4n) is 3.01. The molecule has 0 atom stereocenters. The normalized spacial score (nSPS) is 11.7. The van der Waals surface area contributed by atoms with Crippen LogP contribution in [-0.2, 0) is 6.18 Å². The van der Waals surface area contributed by atoms with Gasteiger partial charge < -0.3 is 5.73 Å². The summed E-state index contributed by atoms with van der Waals surface area (Å²) >= 11 is 13.3. The Morgan fingerprint density at radius 1 is 1.17 bits per heavy atom. The van der Waals surface area contributed by atoms with Gasteiger partial charge in [-0.3, -0.25) is 4.79 Å². The Morgan fingerprint density at radius 2 is 1.83 bits per heavy atom. The van der Waals surface area contributed by atoms with E-state index in [1.54, 1.807) is 19.2 Å². The van der Waals surface area contributed by atoms with Crippen molar-refractivity contribution in [1.29, 1.82) is 0 Å². The number of aryl methyl sites for hydroxylation is 2. The maximum absolute atomic E-state index is 13.3. The Kier molecular flexibility index (Phi) is 6.13. The highest BCUT2D eigenvalue weighted by Gasteiger charge is 2.36. The van der Waals surface area contributed by atoms with Gasteiger partial charge in [0.15, 0.2) is 5.78 Å². The summed E-state index contributed by atoms with van der Waals surface area (Å²) in [7, 11) is 0. The number of anilines is 1. The third kappa shape index (κ3) is 3.91. The van der Waals surface area contributed by atoms with Gasteiger partial charge in [0.2, 0.25) is 0 Å². The molecule has 158 valence electrons. The number of nitrogen functional groups attached to an aromatic ring is 1. The number of hydrogen-bond donors (Lipinski definition) is 1. The summed E-state index contributed by atoms with van der Waals surface area (Å²) in [6.07, 6.45) is -3.01. The Morgan fingerprint density at radius 3 is 2.43 bits per heavy atom. The van der Waals surface area contributed by atoms with Crippen LogP contribution in [0.25, 0.3) is 5.69 Å². The Balaban J connectivity index is 2.26. The van der Waals surface area contributed by atoms with Gasteiger partial charge in [-0.15, -0.1) is 11.8 Å². The predicted octanol–water partition coefficient (Wildman–Crippen LogP) is 6.35. The van der Waals surface area contributed by atoms with Crippen LogP contribution in [-0.4, -0.2) is 21.8 Å². The van der Waals surface area contributed by atoms with Crippen LogP contribution in [0.1, 0.15) is 32.6 Å². The van der Waals surface area contributed by atoms with E-state index in [1.165, 1.54) is 0 Å². The minimum atomic E-state index is -4.70. The molecule has 0 unspecified atom stereocenters. The summed E-state index contributed by atoms with van der Waals surface area (Å²) < 4.78 is 40.9. The van der Waals surface area contributed by atoms with Gasteiger partial charge in [-0.05, 0) is 43.9 Å². The van der Waals surface area contributed by atoms with Crippen LogP contribution in [0.5, 0.6) is 0 Å². The number of rotatable bonds is 4. The van der Waals surface area contributed by atoms with Crippen LogP contribution in [0.4, 0.5) is 19.0 Å². The molecule has 0 radical (unpaired) electrons. The van der Waals surface area contributed by atoms with E-state index in [-0.39, 0.29) is 32.9 Å². The van der Waals surface area contributed by atoms with Crippen molar-refractivity contribution >= 4 is 46.6 Å². The predicted molar refractivity (Wildman–Crippen MR) is 114 cm³/mol. The molecule has 0 saturated carbocycles. The third-order valence-corrected chi connectivity index (χ3v) is 5.89. The molecule has 0 spiro atoms. The summed E-state index contributed by atoms with van der Waals surface area (Å²) in [5.41, 5.74) is 7.02. The molecule has 4 nitrogen and oxygen atoms in total. The van der Waals surface area contributed by atoms with Gasteiger partial charge in [0.25, 0.3) is 0 Å². The first-order valence-electron chi connectivity index (χ1n) is 8.57. The largest absolute Gasteiger partial charge is 0.417 e. The van der Waals surface area contributed by atoms with Gasteiger partial charge in [0, 0.05) is 5.56 Å². The lowest BCUT2D eigenvalue weighted by Crippen LogP contribution is -2.12. The van der Waals surface area contributed by atoms with Crippen molar-refractivity contribution in [2.45, 2.75) is 25.0 Å². The third-order valence-electron chi connectivity index (χ3n) is 4.53. The summed E-state index contributed by atoms with van der Waals surface area (Å²) in [4.78, 5) is 13.3. The fourth-order valence-corrected chi connectivity index (χ4v) is 4.21. The number of halogens is 5. The molecular formula is C20H16Cl2F3N3OS. The van der Waals surface area contributed by atoms with Crippen LogP contribution in [0.2, 0.25) is 10.0 Å². The van der Waals surface area contributed by atoms with Gasteiger partial charge >= 0.3 is 6.18 Å². The molecule has 2 aromatic carbocycles. The summed E-state index contributed by atoms with van der Waals surface area (Å²) in [6, 6.07) is 7.25. The number of carbonyl (C=O) groups excluding carboxylic acids is 1. The second-order valence-corrected chi connectivity index (χ2v) is 8.16. The van der Waals surface area contributed by atoms with Crippen molar-refractivity contribution in [3.63, 3.8) is 0 Å². The molecule has 3 rings (SSSR count). The van der Waals surface area contributed by atoms with E-state index in [4.69, 9.17) is 28.9 Å². The number of hydrogen-bond acceptors (Lipinski definition) is 4. The van der Waals surface area contributed by atoms with Crippen molar-refractivity contribution in [3.8, 4) is 5.69 Å². The number of aromatic nitrogens is 2. The SMILES string of the molecule is CSc1nn(-c2c(Cl)ccc(C(F)(F)F)c2Cl)c(N)c1C(=O)c1cc(C)ccc1C. The lowest BCUT2D eigenvalue weighted by atomic mass is 9.98. The van der Waals surface area contributed by atoms with Crippen LogP contribution < -0.4 is 5.73 Å². The molecule has 3 aromatic rings. The second-order valence-electron chi connectivity index (χ2n) is 6.58. The molecule has 10 heteroatoms. The van der Waals surface area contributed by atoms with Gasteiger partial charge in [0.1, 0.15) is 16.5 Å². The van der Waals surface area contributed by atoms with Crippen LogP contribution in [0, 0.1) is 13.8 Å². The molecule has 0 aliphatic heterocycles. The number of alkyl halides is 3. The monoisotopic (exact) mass is 473 g/mol. The number of thioether (sulfide) groups is 1. The highest BCUT2D eigenvalue weighted by atomic mass is 35.5. The minimum Gasteiger partial charge on any atom is -0.383 e. The average molecular weight is 474 g/mol. The molecule has 1 heterocycles. The number of nitrogens with zero attached hydrogens (tertiary/aromatic N) is 2. The summed E-state index contributed by atoms with van der Waals surface area (Å²) in [5, 5.41) is 3.76. The van der Waals surface area contributed by atoms with E-state index >= 15 is 0 Å². The van der Waals surface area contributed by atoms with Crippen molar-refractivity contribution in [2.75, 3.05) is 12.0 Å². The quantitative estimate of drug-likeness (QED) is 0.354. The zero-order valence-corrected chi connectivity index (χ0v) is 18.4. The van der Waals surface area contributed by atoms with E-state index < -0.39 is 16.8 Å². The van der Waals surface area contributed by atoms with E-state index in [1.807, 2.05) is 19.1 Å². The van der Waals surface area contributed by atoms with E-state index in [2.05, 4.69) is 5.10 Å². The smallest absolute Gasteiger partial charge is 0.383 e. The van der Waals surface area contributed by atoms with Crippen molar-refractivity contribution in [1.82, 2.24) is 9.78 Å². The molecule has 0 bridgehead atoms. The van der Waals surface area contributed by atoms with Crippen LogP contribution in [0.15, 0.2) is 35.4 Å². The van der Waals surface area contributed by atoms with Gasteiger partial charge in [-0.2, -0.15) is 18.3 Å². The van der Waals surface area contributed by atoms with Crippen molar-refractivity contribution in [2.24, 2.45) is 0 Å². The standard InChI is InChI=1S/C20H16Cl2F3N3OS/c1-9-4-5-10(2)11(8-9)17(29)14-18(26)28(27-19(14)30-3)16-13(21)7-6-12(15(16)22)20(23,24)25/h4-8H,26H2,1-3H3. The lowest BCUT2D eigenvalue weighted by Gasteiger charge is -2.15. The Bertz CT molecular complexity index is 1160. The van der Waals surface area contributed by atoms with Gasteiger partial charge in [-0.1, -0.05) is 40.9 Å². The molecule has 0 aliphatic rings. The molecule has 30 heavy (non-hydrogen) atoms. The minimum absolute atomic E-state index is 0.0828. The molecule has 1 aromatic heterocycles. The summed E-state index contributed by atoms with van der Waals surface area (Å²) in [5.74, 6) is -0.531. The van der Waals surface area contributed by atoms with E-state index in [0.717, 1.165) is 39.7 Å². The highest BCUT2D eigenvalue weighted by molar-refractivity contribution is 7.98. The van der Waals surface area contributed by atoms with Crippen LogP contribution in [0.3, 0.4) is 0 Å². The van der Waals surface area contributed by atoms with E-state index in [0.29, 0.717) is 5.56 Å². The van der Waals surface area contributed by atoms with Crippen molar-refractivity contribution < 1.29 is 18.0 Å². The highest BCUT2D eigenvalue weighted by Crippen LogP contribution is 2.42. The average Bonchev–Trinajstić information content (AvgIpc) is 2.98.